The Morgan fingerprint density at radius 1 is 1.47 bits per heavy atom. The highest BCUT2D eigenvalue weighted by Crippen LogP contribution is 2.32. The number of amides is 1. The summed E-state index contributed by atoms with van der Waals surface area (Å²) in [7, 11) is 1.96. The molecule has 3 heteroatoms. The summed E-state index contributed by atoms with van der Waals surface area (Å²) in [6, 6.07) is 0. The highest BCUT2D eigenvalue weighted by Gasteiger charge is 2.39. The second-order valence-electron chi connectivity index (χ2n) is 5.82. The van der Waals surface area contributed by atoms with E-state index in [0.717, 1.165) is 45.3 Å². The minimum atomic E-state index is -0.135. The Labute approximate surface area is 106 Å². The number of hydrogen-bond acceptors (Lipinski definition) is 2. The average molecular weight is 240 g/mol. The molecule has 0 spiro atoms. The second-order valence-corrected chi connectivity index (χ2v) is 5.82. The van der Waals surface area contributed by atoms with Crippen molar-refractivity contribution >= 4 is 5.91 Å². The smallest absolute Gasteiger partial charge is 0.229 e. The largest absolute Gasteiger partial charge is 0.345 e. The number of piperidine rings is 1. The van der Waals surface area contributed by atoms with Gasteiger partial charge in [-0.1, -0.05) is 20.8 Å². The molecule has 0 aliphatic carbocycles. The SMILES string of the molecule is CCC1(C(=O)N(C)CCC(C)C)CCCNC1. The zero-order valence-electron chi connectivity index (χ0n) is 11.9. The van der Waals surface area contributed by atoms with Crippen LogP contribution in [-0.2, 0) is 4.79 Å². The van der Waals surface area contributed by atoms with E-state index in [9.17, 15) is 4.79 Å². The molecular weight excluding hydrogens is 212 g/mol. The fourth-order valence-electron chi connectivity index (χ4n) is 2.56. The standard InChI is InChI=1S/C14H28N2O/c1-5-14(8-6-9-15-11-14)13(17)16(4)10-7-12(2)3/h12,15H,5-11H2,1-4H3. The topological polar surface area (TPSA) is 32.3 Å². The lowest BCUT2D eigenvalue weighted by atomic mass is 9.77. The molecule has 1 rings (SSSR count). The quantitative estimate of drug-likeness (QED) is 0.799. The van der Waals surface area contributed by atoms with Gasteiger partial charge in [0.15, 0.2) is 0 Å². The van der Waals surface area contributed by atoms with Crippen LogP contribution in [0.25, 0.3) is 0 Å². The molecule has 1 aliphatic rings. The molecule has 1 saturated heterocycles. The molecule has 0 aromatic rings. The molecular formula is C14H28N2O. The molecule has 0 radical (unpaired) electrons. The van der Waals surface area contributed by atoms with E-state index in [2.05, 4.69) is 26.1 Å². The van der Waals surface area contributed by atoms with Crippen LogP contribution in [0.3, 0.4) is 0 Å². The average Bonchev–Trinajstić information content (AvgIpc) is 2.35. The minimum absolute atomic E-state index is 0.135. The summed E-state index contributed by atoms with van der Waals surface area (Å²) < 4.78 is 0. The molecule has 1 heterocycles. The van der Waals surface area contributed by atoms with Crippen LogP contribution in [0.15, 0.2) is 0 Å². The second kappa shape index (κ2) is 6.39. The summed E-state index contributed by atoms with van der Waals surface area (Å²) in [6.07, 6.45) is 4.21. The molecule has 1 N–H and O–H groups in total. The number of nitrogens with one attached hydrogen (secondary N) is 1. The van der Waals surface area contributed by atoms with Crippen molar-refractivity contribution in [2.75, 3.05) is 26.7 Å². The molecule has 1 unspecified atom stereocenters. The van der Waals surface area contributed by atoms with Crippen molar-refractivity contribution in [1.29, 1.82) is 0 Å². The van der Waals surface area contributed by atoms with Gasteiger partial charge in [-0.25, -0.2) is 0 Å². The van der Waals surface area contributed by atoms with Gasteiger partial charge < -0.3 is 10.2 Å². The maximum Gasteiger partial charge on any atom is 0.229 e. The van der Waals surface area contributed by atoms with Gasteiger partial charge in [0, 0.05) is 20.1 Å². The Morgan fingerprint density at radius 3 is 2.65 bits per heavy atom. The number of carbonyl (C=O) groups is 1. The molecule has 17 heavy (non-hydrogen) atoms. The maximum atomic E-state index is 12.5. The summed E-state index contributed by atoms with van der Waals surface area (Å²) in [4.78, 5) is 14.5. The molecule has 100 valence electrons. The van der Waals surface area contributed by atoms with Crippen molar-refractivity contribution in [3.8, 4) is 0 Å². The molecule has 1 aliphatic heterocycles. The molecule has 1 fully saturated rings. The van der Waals surface area contributed by atoms with E-state index < -0.39 is 0 Å². The van der Waals surface area contributed by atoms with E-state index in [1.165, 1.54) is 0 Å². The van der Waals surface area contributed by atoms with Gasteiger partial charge in [-0.15, -0.1) is 0 Å². The normalized spacial score (nSPS) is 25.0. The lowest BCUT2D eigenvalue weighted by molar-refractivity contribution is -0.142. The van der Waals surface area contributed by atoms with Gasteiger partial charge in [0.25, 0.3) is 0 Å². The van der Waals surface area contributed by atoms with Gasteiger partial charge in [0.2, 0.25) is 5.91 Å². The van der Waals surface area contributed by atoms with Crippen molar-refractivity contribution in [2.24, 2.45) is 11.3 Å². The van der Waals surface area contributed by atoms with Crippen molar-refractivity contribution in [1.82, 2.24) is 10.2 Å². The highest BCUT2D eigenvalue weighted by molar-refractivity contribution is 5.82. The Morgan fingerprint density at radius 2 is 2.18 bits per heavy atom. The molecule has 0 bridgehead atoms. The Hall–Kier alpha value is -0.570. The van der Waals surface area contributed by atoms with E-state index in [-0.39, 0.29) is 5.41 Å². The molecule has 3 nitrogen and oxygen atoms in total. The van der Waals surface area contributed by atoms with Crippen LogP contribution in [-0.4, -0.2) is 37.5 Å². The van der Waals surface area contributed by atoms with Gasteiger partial charge in [-0.05, 0) is 38.1 Å². The number of rotatable bonds is 5. The molecule has 0 aromatic carbocycles. The van der Waals surface area contributed by atoms with Crippen molar-refractivity contribution in [2.45, 2.75) is 46.5 Å². The summed E-state index contributed by atoms with van der Waals surface area (Å²) in [5.41, 5.74) is -0.135. The highest BCUT2D eigenvalue weighted by atomic mass is 16.2. The van der Waals surface area contributed by atoms with Crippen LogP contribution in [0.2, 0.25) is 0 Å². The van der Waals surface area contributed by atoms with E-state index in [4.69, 9.17) is 0 Å². The lowest BCUT2D eigenvalue weighted by Gasteiger charge is -2.38. The van der Waals surface area contributed by atoms with Crippen LogP contribution < -0.4 is 5.32 Å². The first-order valence-electron chi connectivity index (χ1n) is 6.98. The monoisotopic (exact) mass is 240 g/mol. The first kappa shape index (κ1) is 14.5. The summed E-state index contributed by atoms with van der Waals surface area (Å²) in [5.74, 6) is 1.00. The third kappa shape index (κ3) is 3.70. The first-order valence-corrected chi connectivity index (χ1v) is 6.98. The van der Waals surface area contributed by atoms with Crippen LogP contribution in [0.4, 0.5) is 0 Å². The third-order valence-electron chi connectivity index (χ3n) is 3.99. The fraction of sp³-hybridized carbons (Fsp3) is 0.929. The molecule has 0 saturated carbocycles. The Bertz CT molecular complexity index is 245. The first-order chi connectivity index (χ1) is 8.02. The molecule has 0 aromatic heterocycles. The van der Waals surface area contributed by atoms with Gasteiger partial charge in [-0.3, -0.25) is 4.79 Å². The van der Waals surface area contributed by atoms with Gasteiger partial charge in [0.05, 0.1) is 5.41 Å². The third-order valence-corrected chi connectivity index (χ3v) is 3.99. The Kier molecular flexibility index (Phi) is 5.44. The van der Waals surface area contributed by atoms with Crippen LogP contribution in [0.5, 0.6) is 0 Å². The fourth-order valence-corrected chi connectivity index (χ4v) is 2.56. The Balaban J connectivity index is 2.58. The number of nitrogens with zero attached hydrogens (tertiary/aromatic N) is 1. The molecule has 1 amide bonds. The number of carbonyl (C=O) groups excluding carboxylic acids is 1. The van der Waals surface area contributed by atoms with Crippen LogP contribution in [0, 0.1) is 11.3 Å². The molecule has 1 atom stereocenters. The minimum Gasteiger partial charge on any atom is -0.345 e. The van der Waals surface area contributed by atoms with Crippen molar-refractivity contribution in [3.05, 3.63) is 0 Å². The van der Waals surface area contributed by atoms with E-state index >= 15 is 0 Å². The zero-order chi connectivity index (χ0) is 12.9. The van der Waals surface area contributed by atoms with Crippen molar-refractivity contribution in [3.63, 3.8) is 0 Å². The number of hydrogen-bond donors (Lipinski definition) is 1. The van der Waals surface area contributed by atoms with Gasteiger partial charge in [0.1, 0.15) is 0 Å². The van der Waals surface area contributed by atoms with E-state index in [0.29, 0.717) is 11.8 Å². The van der Waals surface area contributed by atoms with E-state index in [1.807, 2.05) is 11.9 Å². The van der Waals surface area contributed by atoms with Crippen molar-refractivity contribution < 1.29 is 4.79 Å². The van der Waals surface area contributed by atoms with Crippen LogP contribution >= 0.6 is 0 Å². The predicted molar refractivity (Wildman–Crippen MR) is 71.9 cm³/mol. The van der Waals surface area contributed by atoms with Gasteiger partial charge in [-0.2, -0.15) is 0 Å². The van der Waals surface area contributed by atoms with Crippen LogP contribution in [0.1, 0.15) is 46.5 Å². The van der Waals surface area contributed by atoms with Gasteiger partial charge >= 0.3 is 0 Å². The predicted octanol–water partition coefficient (Wildman–Crippen LogP) is 2.27. The summed E-state index contributed by atoms with van der Waals surface area (Å²) >= 11 is 0. The maximum absolute atomic E-state index is 12.5. The summed E-state index contributed by atoms with van der Waals surface area (Å²) in [6.45, 7) is 9.35. The zero-order valence-corrected chi connectivity index (χ0v) is 11.9. The van der Waals surface area contributed by atoms with E-state index in [1.54, 1.807) is 0 Å². The lowest BCUT2D eigenvalue weighted by Crippen LogP contribution is -2.50. The summed E-state index contributed by atoms with van der Waals surface area (Å²) in [5, 5.41) is 3.38.